The molecule has 0 aliphatic carbocycles. The first-order valence-corrected chi connectivity index (χ1v) is 10.7. The van der Waals surface area contributed by atoms with Gasteiger partial charge in [0.2, 0.25) is 15.9 Å². The molecule has 1 aliphatic rings. The van der Waals surface area contributed by atoms with Crippen LogP contribution in [0, 0.1) is 26.7 Å². The summed E-state index contributed by atoms with van der Waals surface area (Å²) in [6, 6.07) is 12.8. The van der Waals surface area contributed by atoms with Gasteiger partial charge < -0.3 is 5.32 Å². The molecule has 144 valence electrons. The Labute approximate surface area is 161 Å². The molecule has 0 spiro atoms. The summed E-state index contributed by atoms with van der Waals surface area (Å²) in [7, 11) is -3.50. The normalized spacial score (nSPS) is 16.3. The third kappa shape index (κ3) is 4.57. The fourth-order valence-corrected chi connectivity index (χ4v) is 4.98. The largest absolute Gasteiger partial charge is 0.326 e. The number of benzene rings is 2. The molecule has 0 aromatic heterocycles. The fraction of sp³-hybridized carbons (Fsp3) is 0.381. The molecule has 0 saturated carbocycles. The number of piperidine rings is 1. The van der Waals surface area contributed by atoms with E-state index in [2.05, 4.69) is 11.4 Å². The van der Waals surface area contributed by atoms with Crippen molar-refractivity contribution in [2.45, 2.75) is 38.5 Å². The Balaban J connectivity index is 1.62. The Hall–Kier alpha value is -2.18. The van der Waals surface area contributed by atoms with Crippen molar-refractivity contribution in [3.63, 3.8) is 0 Å². The molecule has 0 atom stereocenters. The number of nitrogens with zero attached hydrogens (tertiary/aromatic N) is 1. The molecule has 0 bridgehead atoms. The van der Waals surface area contributed by atoms with Crippen molar-refractivity contribution >= 4 is 21.6 Å². The second kappa shape index (κ2) is 7.82. The molecule has 6 heteroatoms. The number of amides is 1. The van der Waals surface area contributed by atoms with Crippen molar-refractivity contribution in [3.8, 4) is 0 Å². The molecule has 2 aromatic rings. The van der Waals surface area contributed by atoms with Crippen molar-refractivity contribution in [2.75, 3.05) is 18.4 Å². The second-order valence-electron chi connectivity index (χ2n) is 7.36. The summed E-state index contributed by atoms with van der Waals surface area (Å²) in [5, 5.41) is 2.98. The number of hydrogen-bond donors (Lipinski definition) is 1. The first-order chi connectivity index (χ1) is 12.8. The van der Waals surface area contributed by atoms with Gasteiger partial charge in [0.15, 0.2) is 0 Å². The van der Waals surface area contributed by atoms with Crippen LogP contribution >= 0.6 is 0 Å². The van der Waals surface area contributed by atoms with E-state index in [9.17, 15) is 13.2 Å². The lowest BCUT2D eigenvalue weighted by atomic mass is 9.97. The van der Waals surface area contributed by atoms with E-state index >= 15 is 0 Å². The number of rotatable bonds is 4. The van der Waals surface area contributed by atoms with E-state index in [0.29, 0.717) is 30.8 Å². The van der Waals surface area contributed by atoms with Gasteiger partial charge in [0.05, 0.1) is 4.90 Å². The van der Waals surface area contributed by atoms with Crippen LogP contribution in [0.2, 0.25) is 0 Å². The summed E-state index contributed by atoms with van der Waals surface area (Å²) in [5.41, 5.74) is 4.02. The molecule has 5 nitrogen and oxygen atoms in total. The number of nitrogens with one attached hydrogen (secondary N) is 1. The third-order valence-corrected chi connectivity index (χ3v) is 6.89. The van der Waals surface area contributed by atoms with Crippen LogP contribution in [0.15, 0.2) is 47.4 Å². The molecule has 1 N–H and O–H groups in total. The van der Waals surface area contributed by atoms with Crippen LogP contribution < -0.4 is 5.32 Å². The summed E-state index contributed by atoms with van der Waals surface area (Å²) >= 11 is 0. The van der Waals surface area contributed by atoms with E-state index in [-0.39, 0.29) is 11.8 Å². The molecular weight excluding hydrogens is 360 g/mol. The zero-order valence-corrected chi connectivity index (χ0v) is 16.8. The third-order valence-electron chi connectivity index (χ3n) is 4.97. The van der Waals surface area contributed by atoms with Gasteiger partial charge in [-0.05, 0) is 69.0 Å². The Morgan fingerprint density at radius 3 is 2.04 bits per heavy atom. The molecule has 3 rings (SSSR count). The Morgan fingerprint density at radius 2 is 1.48 bits per heavy atom. The molecule has 1 fully saturated rings. The summed E-state index contributed by atoms with van der Waals surface area (Å²) in [6.45, 7) is 6.65. The van der Waals surface area contributed by atoms with Crippen LogP contribution in [0.1, 0.15) is 29.5 Å². The molecule has 0 radical (unpaired) electrons. The maximum absolute atomic E-state index is 12.8. The number of aryl methyl sites for hydroxylation is 3. The Kier molecular flexibility index (Phi) is 5.67. The number of anilines is 1. The van der Waals surface area contributed by atoms with Gasteiger partial charge in [-0.3, -0.25) is 4.79 Å². The SMILES string of the molecule is Cc1ccc(S(=O)(=O)N2CCC(C(=O)Nc3cc(C)cc(C)c3)CC2)cc1. The van der Waals surface area contributed by atoms with Gasteiger partial charge in [0.25, 0.3) is 0 Å². The molecule has 1 amide bonds. The molecular formula is C21H26N2O3S. The maximum atomic E-state index is 12.8. The first-order valence-electron chi connectivity index (χ1n) is 9.22. The highest BCUT2D eigenvalue weighted by Gasteiger charge is 2.32. The smallest absolute Gasteiger partial charge is 0.243 e. The van der Waals surface area contributed by atoms with Gasteiger partial charge in [0.1, 0.15) is 0 Å². The standard InChI is InChI=1S/C21H26N2O3S/c1-15-4-6-20(7-5-15)27(25,26)23-10-8-18(9-11-23)21(24)22-19-13-16(2)12-17(3)14-19/h4-7,12-14,18H,8-11H2,1-3H3,(H,22,24). The predicted molar refractivity (Wildman–Crippen MR) is 107 cm³/mol. The molecule has 2 aromatic carbocycles. The Morgan fingerprint density at radius 1 is 0.926 bits per heavy atom. The monoisotopic (exact) mass is 386 g/mol. The first kappa shape index (κ1) is 19.6. The molecule has 27 heavy (non-hydrogen) atoms. The summed E-state index contributed by atoms with van der Waals surface area (Å²) < 4.78 is 27.0. The fourth-order valence-electron chi connectivity index (χ4n) is 3.51. The lowest BCUT2D eigenvalue weighted by molar-refractivity contribution is -0.120. The van der Waals surface area contributed by atoms with Crippen LogP contribution in [0.25, 0.3) is 0 Å². The van der Waals surface area contributed by atoms with Gasteiger partial charge in [0, 0.05) is 24.7 Å². The highest BCUT2D eigenvalue weighted by atomic mass is 32.2. The molecule has 0 unspecified atom stereocenters. The van der Waals surface area contributed by atoms with Crippen molar-refractivity contribution in [3.05, 3.63) is 59.2 Å². The number of sulfonamides is 1. The van der Waals surface area contributed by atoms with Crippen LogP contribution in [0.3, 0.4) is 0 Å². The highest BCUT2D eigenvalue weighted by molar-refractivity contribution is 7.89. The minimum absolute atomic E-state index is 0.0348. The van der Waals surface area contributed by atoms with E-state index in [4.69, 9.17) is 0 Å². The lowest BCUT2D eigenvalue weighted by Gasteiger charge is -2.30. The zero-order valence-electron chi connectivity index (χ0n) is 16.0. The van der Waals surface area contributed by atoms with Gasteiger partial charge in [-0.15, -0.1) is 0 Å². The van der Waals surface area contributed by atoms with Crippen molar-refractivity contribution in [1.82, 2.24) is 4.31 Å². The van der Waals surface area contributed by atoms with E-state index in [0.717, 1.165) is 22.4 Å². The van der Waals surface area contributed by atoms with Gasteiger partial charge in [-0.1, -0.05) is 23.8 Å². The van der Waals surface area contributed by atoms with Crippen LogP contribution in [-0.2, 0) is 14.8 Å². The second-order valence-corrected chi connectivity index (χ2v) is 9.29. The van der Waals surface area contributed by atoms with E-state index in [1.165, 1.54) is 4.31 Å². The predicted octanol–water partition coefficient (Wildman–Crippen LogP) is 3.65. The summed E-state index contributed by atoms with van der Waals surface area (Å²) in [5.74, 6) is -0.206. The zero-order chi connectivity index (χ0) is 19.6. The topological polar surface area (TPSA) is 66.5 Å². The number of carbonyl (C=O) groups excluding carboxylic acids is 1. The lowest BCUT2D eigenvalue weighted by Crippen LogP contribution is -2.41. The van der Waals surface area contributed by atoms with Crippen LogP contribution in [-0.4, -0.2) is 31.7 Å². The average molecular weight is 387 g/mol. The maximum Gasteiger partial charge on any atom is 0.243 e. The van der Waals surface area contributed by atoms with E-state index < -0.39 is 10.0 Å². The average Bonchev–Trinajstić information content (AvgIpc) is 2.61. The minimum atomic E-state index is -3.50. The Bertz CT molecular complexity index is 908. The molecule has 1 saturated heterocycles. The van der Waals surface area contributed by atoms with Gasteiger partial charge >= 0.3 is 0 Å². The quantitative estimate of drug-likeness (QED) is 0.872. The van der Waals surface area contributed by atoms with E-state index in [1.54, 1.807) is 24.3 Å². The molecule has 1 aliphatic heterocycles. The summed E-state index contributed by atoms with van der Waals surface area (Å²) in [6.07, 6.45) is 1.06. The van der Waals surface area contributed by atoms with Gasteiger partial charge in [-0.25, -0.2) is 8.42 Å². The van der Waals surface area contributed by atoms with Gasteiger partial charge in [-0.2, -0.15) is 4.31 Å². The van der Waals surface area contributed by atoms with Crippen LogP contribution in [0.5, 0.6) is 0 Å². The van der Waals surface area contributed by atoms with Crippen molar-refractivity contribution in [2.24, 2.45) is 5.92 Å². The minimum Gasteiger partial charge on any atom is -0.326 e. The van der Waals surface area contributed by atoms with Crippen molar-refractivity contribution in [1.29, 1.82) is 0 Å². The van der Waals surface area contributed by atoms with E-state index in [1.807, 2.05) is 32.9 Å². The molecule has 1 heterocycles. The number of carbonyl (C=O) groups is 1. The van der Waals surface area contributed by atoms with Crippen LogP contribution in [0.4, 0.5) is 5.69 Å². The van der Waals surface area contributed by atoms with Crippen molar-refractivity contribution < 1.29 is 13.2 Å². The summed E-state index contributed by atoms with van der Waals surface area (Å²) in [4.78, 5) is 12.9. The number of hydrogen-bond acceptors (Lipinski definition) is 3. The highest BCUT2D eigenvalue weighted by Crippen LogP contribution is 2.25.